The Morgan fingerprint density at radius 1 is 1.11 bits per heavy atom. The van der Waals surface area contributed by atoms with Crippen molar-refractivity contribution >= 4 is 0 Å². The number of hydrogen-bond acceptors (Lipinski definition) is 1. The van der Waals surface area contributed by atoms with Crippen LogP contribution in [0.2, 0.25) is 0 Å². The molecule has 0 N–H and O–H groups in total. The maximum atomic E-state index is 14.0. The molecule has 3 heteroatoms. The Kier molecular flexibility index (Phi) is 4.20. The fourth-order valence-corrected chi connectivity index (χ4v) is 2.90. The highest BCUT2D eigenvalue weighted by atomic mass is 19.2. The minimum atomic E-state index is -0.854. The minimum absolute atomic E-state index is 0.0153. The van der Waals surface area contributed by atoms with Gasteiger partial charge in [0.1, 0.15) is 0 Å². The van der Waals surface area contributed by atoms with Gasteiger partial charge in [-0.2, -0.15) is 4.39 Å². The second-order valence-electron chi connectivity index (χ2n) is 5.11. The van der Waals surface area contributed by atoms with E-state index in [1.165, 1.54) is 19.6 Å². The fourth-order valence-electron chi connectivity index (χ4n) is 2.90. The largest absolute Gasteiger partial charge is 0.494 e. The fraction of sp³-hybridized carbons (Fsp3) is 0.600. The Labute approximate surface area is 107 Å². The number of rotatable bonds is 3. The lowest BCUT2D eigenvalue weighted by Crippen LogP contribution is -2.14. The average Bonchev–Trinajstić information content (AvgIpc) is 2.42. The molecule has 1 nitrogen and oxygen atoms in total. The molecule has 0 amide bonds. The molecule has 1 aliphatic rings. The van der Waals surface area contributed by atoms with Crippen molar-refractivity contribution in [3.05, 3.63) is 29.3 Å². The lowest BCUT2D eigenvalue weighted by molar-refractivity contribution is 0.310. The van der Waals surface area contributed by atoms with Crippen molar-refractivity contribution in [2.45, 2.75) is 44.9 Å². The van der Waals surface area contributed by atoms with Crippen LogP contribution >= 0.6 is 0 Å². The molecule has 0 unspecified atom stereocenters. The zero-order valence-electron chi connectivity index (χ0n) is 11.0. The highest BCUT2D eigenvalue weighted by Crippen LogP contribution is 2.39. The van der Waals surface area contributed by atoms with Gasteiger partial charge in [-0.25, -0.2) is 4.39 Å². The standard InChI is InChI=1S/C15H20F2O/c1-3-10-4-6-11(7-5-10)12-8-9-13(18-2)15(17)14(12)16/h8-11H,3-7H2,1-2H3. The van der Waals surface area contributed by atoms with Crippen molar-refractivity contribution in [3.63, 3.8) is 0 Å². The molecule has 0 aliphatic heterocycles. The number of halogens is 2. The van der Waals surface area contributed by atoms with E-state index >= 15 is 0 Å². The molecule has 1 saturated carbocycles. The van der Waals surface area contributed by atoms with Crippen LogP contribution in [0.25, 0.3) is 0 Å². The van der Waals surface area contributed by atoms with Gasteiger partial charge < -0.3 is 4.74 Å². The molecule has 0 radical (unpaired) electrons. The van der Waals surface area contributed by atoms with Crippen LogP contribution < -0.4 is 4.74 Å². The highest BCUT2D eigenvalue weighted by Gasteiger charge is 2.25. The maximum absolute atomic E-state index is 14.0. The predicted octanol–water partition coefficient (Wildman–Crippen LogP) is 4.66. The summed E-state index contributed by atoms with van der Waals surface area (Å²) in [6.07, 6.45) is 5.34. The summed E-state index contributed by atoms with van der Waals surface area (Å²) in [5.74, 6) is -0.680. The van der Waals surface area contributed by atoms with Gasteiger partial charge >= 0.3 is 0 Å². The SMILES string of the molecule is CCC1CCC(c2ccc(OC)c(F)c2F)CC1. The molecule has 1 aromatic rings. The molecule has 18 heavy (non-hydrogen) atoms. The number of ether oxygens (including phenoxy) is 1. The Balaban J connectivity index is 2.17. The van der Waals surface area contributed by atoms with Crippen LogP contribution in [-0.2, 0) is 0 Å². The molecular weight excluding hydrogens is 234 g/mol. The lowest BCUT2D eigenvalue weighted by atomic mass is 9.77. The summed E-state index contributed by atoms with van der Waals surface area (Å²) in [6.45, 7) is 2.19. The first-order valence-electron chi connectivity index (χ1n) is 6.69. The molecular formula is C15H20F2O. The van der Waals surface area contributed by atoms with Crippen molar-refractivity contribution in [2.24, 2.45) is 5.92 Å². The van der Waals surface area contributed by atoms with Crippen LogP contribution in [0.15, 0.2) is 12.1 Å². The molecule has 100 valence electrons. The summed E-state index contributed by atoms with van der Waals surface area (Å²) in [7, 11) is 1.35. The predicted molar refractivity (Wildman–Crippen MR) is 67.9 cm³/mol. The van der Waals surface area contributed by atoms with Crippen LogP contribution in [0, 0.1) is 17.6 Å². The van der Waals surface area contributed by atoms with E-state index in [4.69, 9.17) is 4.74 Å². The molecule has 0 heterocycles. The highest BCUT2D eigenvalue weighted by molar-refractivity contribution is 5.33. The van der Waals surface area contributed by atoms with E-state index in [0.717, 1.165) is 31.6 Å². The number of hydrogen-bond donors (Lipinski definition) is 0. The van der Waals surface area contributed by atoms with Crippen LogP contribution in [0.5, 0.6) is 5.75 Å². The van der Waals surface area contributed by atoms with E-state index in [2.05, 4.69) is 6.92 Å². The lowest BCUT2D eigenvalue weighted by Gasteiger charge is -2.28. The van der Waals surface area contributed by atoms with Crippen LogP contribution in [-0.4, -0.2) is 7.11 Å². The third kappa shape index (κ3) is 2.50. The van der Waals surface area contributed by atoms with Crippen molar-refractivity contribution in [1.82, 2.24) is 0 Å². The van der Waals surface area contributed by atoms with Gasteiger partial charge in [-0.3, -0.25) is 0 Å². The molecule has 2 rings (SSSR count). The monoisotopic (exact) mass is 254 g/mol. The van der Waals surface area contributed by atoms with E-state index < -0.39 is 11.6 Å². The van der Waals surface area contributed by atoms with Crippen LogP contribution in [0.3, 0.4) is 0 Å². The van der Waals surface area contributed by atoms with Crippen molar-refractivity contribution in [1.29, 1.82) is 0 Å². The van der Waals surface area contributed by atoms with E-state index in [-0.39, 0.29) is 11.7 Å². The van der Waals surface area contributed by atoms with Gasteiger partial charge in [-0.1, -0.05) is 19.4 Å². The van der Waals surface area contributed by atoms with Crippen LogP contribution in [0.4, 0.5) is 8.78 Å². The summed E-state index contributed by atoms with van der Waals surface area (Å²) >= 11 is 0. The maximum Gasteiger partial charge on any atom is 0.200 e. The van der Waals surface area contributed by atoms with Gasteiger partial charge in [0, 0.05) is 0 Å². The normalized spacial score (nSPS) is 24.0. The van der Waals surface area contributed by atoms with Gasteiger partial charge in [-0.15, -0.1) is 0 Å². The smallest absolute Gasteiger partial charge is 0.200 e. The van der Waals surface area contributed by atoms with Gasteiger partial charge in [0.2, 0.25) is 5.82 Å². The third-order valence-electron chi connectivity index (χ3n) is 4.16. The van der Waals surface area contributed by atoms with Crippen molar-refractivity contribution < 1.29 is 13.5 Å². The molecule has 1 fully saturated rings. The molecule has 0 atom stereocenters. The zero-order chi connectivity index (χ0) is 13.1. The van der Waals surface area contributed by atoms with Crippen LogP contribution in [0.1, 0.15) is 50.5 Å². The first kappa shape index (κ1) is 13.3. The minimum Gasteiger partial charge on any atom is -0.494 e. The van der Waals surface area contributed by atoms with Gasteiger partial charge in [-0.05, 0) is 49.1 Å². The molecule has 1 aliphatic carbocycles. The van der Waals surface area contributed by atoms with E-state index in [1.807, 2.05) is 0 Å². The summed E-state index contributed by atoms with van der Waals surface area (Å²) < 4.78 is 32.4. The van der Waals surface area contributed by atoms with E-state index in [0.29, 0.717) is 5.56 Å². The summed E-state index contributed by atoms with van der Waals surface area (Å²) in [4.78, 5) is 0. The van der Waals surface area contributed by atoms with Gasteiger partial charge in [0.25, 0.3) is 0 Å². The molecule has 0 bridgehead atoms. The van der Waals surface area contributed by atoms with E-state index in [1.54, 1.807) is 6.07 Å². The molecule has 0 spiro atoms. The summed E-state index contributed by atoms with van der Waals surface area (Å²) in [5, 5.41) is 0. The summed E-state index contributed by atoms with van der Waals surface area (Å²) in [6, 6.07) is 3.20. The topological polar surface area (TPSA) is 9.23 Å². The first-order valence-corrected chi connectivity index (χ1v) is 6.69. The van der Waals surface area contributed by atoms with Crippen molar-refractivity contribution in [2.75, 3.05) is 7.11 Å². The zero-order valence-corrected chi connectivity index (χ0v) is 11.0. The van der Waals surface area contributed by atoms with Gasteiger partial charge in [0.15, 0.2) is 11.6 Å². The average molecular weight is 254 g/mol. The van der Waals surface area contributed by atoms with Gasteiger partial charge in [0.05, 0.1) is 7.11 Å². The van der Waals surface area contributed by atoms with Crippen molar-refractivity contribution in [3.8, 4) is 5.75 Å². The number of methoxy groups -OCH3 is 1. The van der Waals surface area contributed by atoms with E-state index in [9.17, 15) is 8.78 Å². The Morgan fingerprint density at radius 2 is 1.78 bits per heavy atom. The first-order chi connectivity index (χ1) is 8.67. The molecule has 1 aromatic carbocycles. The quantitative estimate of drug-likeness (QED) is 0.762. The summed E-state index contributed by atoms with van der Waals surface area (Å²) in [5.41, 5.74) is 0.517. The second-order valence-corrected chi connectivity index (χ2v) is 5.11. The Hall–Kier alpha value is -1.12. The molecule has 0 saturated heterocycles. The second kappa shape index (κ2) is 5.68. The number of benzene rings is 1. The molecule has 0 aromatic heterocycles. The Morgan fingerprint density at radius 3 is 2.33 bits per heavy atom. The third-order valence-corrected chi connectivity index (χ3v) is 4.16. The Bertz CT molecular complexity index is 409.